The van der Waals surface area contributed by atoms with Crippen LogP contribution >= 0.6 is 0 Å². The molecule has 2 fully saturated rings. The summed E-state index contributed by atoms with van der Waals surface area (Å²) in [6.07, 6.45) is 1.22. The number of rotatable bonds is 2. The number of halogens is 2. The molecule has 88 valence electrons. The predicted molar refractivity (Wildman–Crippen MR) is 57.4 cm³/mol. The number of hydrogen-bond acceptors (Lipinski definition) is 1. The van der Waals surface area contributed by atoms with E-state index in [2.05, 4.69) is 18.7 Å². The van der Waals surface area contributed by atoms with Gasteiger partial charge in [0.15, 0.2) is 0 Å². The first-order chi connectivity index (χ1) is 6.83. The highest BCUT2D eigenvalue weighted by molar-refractivity contribution is 5.10. The molecule has 3 heteroatoms. The van der Waals surface area contributed by atoms with Gasteiger partial charge in [0.1, 0.15) is 11.8 Å². The predicted octanol–water partition coefficient (Wildman–Crippen LogP) is 2.95. The zero-order valence-corrected chi connectivity index (χ0v) is 9.89. The van der Waals surface area contributed by atoms with E-state index in [-0.39, 0.29) is 5.54 Å². The van der Waals surface area contributed by atoms with E-state index in [0.717, 1.165) is 6.42 Å². The molecule has 2 saturated heterocycles. The van der Waals surface area contributed by atoms with Crippen molar-refractivity contribution in [2.75, 3.05) is 13.1 Å². The molecule has 15 heavy (non-hydrogen) atoms. The monoisotopic (exact) mass is 217 g/mol. The first-order valence-electron chi connectivity index (χ1n) is 5.91. The summed E-state index contributed by atoms with van der Waals surface area (Å²) in [7, 11) is 0. The van der Waals surface area contributed by atoms with Gasteiger partial charge in [0.2, 0.25) is 0 Å². The Hall–Kier alpha value is -0.180. The van der Waals surface area contributed by atoms with Crippen LogP contribution in [-0.2, 0) is 0 Å². The molecule has 0 N–H and O–H groups in total. The summed E-state index contributed by atoms with van der Waals surface area (Å²) in [5, 5.41) is 0. The molecular weight excluding hydrogens is 196 g/mol. The minimum absolute atomic E-state index is 0.183. The van der Waals surface area contributed by atoms with Crippen molar-refractivity contribution in [3.8, 4) is 0 Å². The third-order valence-electron chi connectivity index (χ3n) is 3.70. The average molecular weight is 217 g/mol. The molecule has 0 spiro atoms. The zero-order chi connectivity index (χ0) is 11.3. The Bertz CT molecular complexity index is 252. The van der Waals surface area contributed by atoms with Gasteiger partial charge in [0.05, 0.1) is 0 Å². The van der Waals surface area contributed by atoms with Crippen molar-refractivity contribution in [3.05, 3.63) is 0 Å². The third kappa shape index (κ3) is 2.03. The van der Waals surface area contributed by atoms with E-state index in [4.69, 9.17) is 0 Å². The van der Waals surface area contributed by atoms with Crippen LogP contribution in [-0.4, -0.2) is 35.4 Å². The highest BCUT2D eigenvalue weighted by Crippen LogP contribution is 2.48. The van der Waals surface area contributed by atoms with Gasteiger partial charge in [-0.1, -0.05) is 13.8 Å². The van der Waals surface area contributed by atoms with Crippen molar-refractivity contribution in [1.82, 2.24) is 4.90 Å². The smallest absolute Gasteiger partial charge is 0.122 e. The van der Waals surface area contributed by atoms with Gasteiger partial charge in [0, 0.05) is 25.0 Å². The second-order valence-corrected chi connectivity index (χ2v) is 6.09. The van der Waals surface area contributed by atoms with E-state index in [9.17, 15) is 8.78 Å². The number of alkyl halides is 2. The minimum Gasteiger partial charge on any atom is -0.291 e. The Labute approximate surface area is 90.8 Å². The molecule has 0 aromatic carbocycles. The third-order valence-corrected chi connectivity index (χ3v) is 3.70. The maximum atomic E-state index is 14.0. The van der Waals surface area contributed by atoms with E-state index in [1.165, 1.54) is 0 Å². The first-order valence-corrected chi connectivity index (χ1v) is 5.91. The summed E-state index contributed by atoms with van der Waals surface area (Å²) in [5.74, 6) is 0.506. The molecule has 1 unspecified atom stereocenters. The van der Waals surface area contributed by atoms with Gasteiger partial charge in [-0.25, -0.2) is 8.78 Å². The zero-order valence-electron chi connectivity index (χ0n) is 9.89. The Kier molecular flexibility index (Phi) is 2.57. The maximum Gasteiger partial charge on any atom is 0.122 e. The lowest BCUT2D eigenvalue weighted by Crippen LogP contribution is -2.39. The molecular formula is C12H21F2N. The summed E-state index contributed by atoms with van der Waals surface area (Å²) < 4.78 is 27.4. The molecule has 1 nitrogen and oxygen atoms in total. The summed E-state index contributed by atoms with van der Waals surface area (Å²) in [6, 6.07) is 0. The molecule has 0 aromatic rings. The van der Waals surface area contributed by atoms with Gasteiger partial charge in [-0.05, 0) is 25.7 Å². The van der Waals surface area contributed by atoms with Gasteiger partial charge in [-0.2, -0.15) is 0 Å². The van der Waals surface area contributed by atoms with Gasteiger partial charge < -0.3 is 0 Å². The van der Waals surface area contributed by atoms with Crippen LogP contribution in [0.4, 0.5) is 8.78 Å². The second kappa shape index (κ2) is 3.41. The summed E-state index contributed by atoms with van der Waals surface area (Å²) in [5.41, 5.74) is -1.30. The lowest BCUT2D eigenvalue weighted by atomic mass is 9.82. The maximum absolute atomic E-state index is 14.0. The Morgan fingerprint density at radius 2 is 2.13 bits per heavy atom. The van der Waals surface area contributed by atoms with Crippen LogP contribution in [0.15, 0.2) is 0 Å². The lowest BCUT2D eigenvalue weighted by molar-refractivity contribution is 0.163. The summed E-state index contributed by atoms with van der Waals surface area (Å²) in [6.45, 7) is 6.77. The molecule has 2 aliphatic heterocycles. The normalized spacial score (nSPS) is 46.4. The number of hydrogen-bond donors (Lipinski definition) is 0. The van der Waals surface area contributed by atoms with Crippen molar-refractivity contribution in [2.24, 2.45) is 5.92 Å². The Morgan fingerprint density at radius 1 is 1.47 bits per heavy atom. The number of fused-ring (bicyclic) bond motifs is 1. The summed E-state index contributed by atoms with van der Waals surface area (Å²) in [4.78, 5) is 2.05. The molecule has 2 rings (SSSR count). The van der Waals surface area contributed by atoms with Crippen LogP contribution in [0.5, 0.6) is 0 Å². The molecule has 0 aliphatic carbocycles. The molecule has 2 heterocycles. The van der Waals surface area contributed by atoms with Crippen LogP contribution in [0.3, 0.4) is 0 Å². The molecule has 0 saturated carbocycles. The van der Waals surface area contributed by atoms with E-state index in [1.54, 1.807) is 6.92 Å². The molecule has 0 radical (unpaired) electrons. The molecule has 0 bridgehead atoms. The highest BCUT2D eigenvalue weighted by Gasteiger charge is 2.56. The Morgan fingerprint density at radius 3 is 2.73 bits per heavy atom. The average Bonchev–Trinajstić information content (AvgIpc) is 2.32. The molecule has 2 aliphatic rings. The first kappa shape index (κ1) is 11.3. The van der Waals surface area contributed by atoms with Crippen molar-refractivity contribution in [1.29, 1.82) is 0 Å². The van der Waals surface area contributed by atoms with Gasteiger partial charge in [-0.3, -0.25) is 4.90 Å². The lowest BCUT2D eigenvalue weighted by Gasteiger charge is -2.33. The van der Waals surface area contributed by atoms with Crippen molar-refractivity contribution < 1.29 is 8.78 Å². The molecule has 3 atom stereocenters. The fourth-order valence-corrected chi connectivity index (χ4v) is 3.64. The summed E-state index contributed by atoms with van der Waals surface area (Å²) >= 11 is 0. The van der Waals surface area contributed by atoms with Crippen LogP contribution in [0.2, 0.25) is 0 Å². The van der Waals surface area contributed by atoms with E-state index < -0.39 is 11.8 Å². The quantitative estimate of drug-likeness (QED) is 0.687. The van der Waals surface area contributed by atoms with E-state index in [1.807, 2.05) is 0 Å². The van der Waals surface area contributed by atoms with E-state index in [0.29, 0.717) is 31.8 Å². The molecule has 0 aromatic heterocycles. The largest absolute Gasteiger partial charge is 0.291 e. The van der Waals surface area contributed by atoms with Gasteiger partial charge >= 0.3 is 0 Å². The van der Waals surface area contributed by atoms with Gasteiger partial charge in [0.25, 0.3) is 0 Å². The van der Waals surface area contributed by atoms with Gasteiger partial charge in [-0.15, -0.1) is 0 Å². The number of nitrogens with zero attached hydrogens (tertiary/aromatic N) is 1. The van der Waals surface area contributed by atoms with Crippen LogP contribution in [0, 0.1) is 5.92 Å². The fourth-order valence-electron chi connectivity index (χ4n) is 3.64. The highest BCUT2D eigenvalue weighted by atomic mass is 19.1. The van der Waals surface area contributed by atoms with Crippen molar-refractivity contribution >= 4 is 0 Å². The van der Waals surface area contributed by atoms with E-state index >= 15 is 0 Å². The topological polar surface area (TPSA) is 3.24 Å². The van der Waals surface area contributed by atoms with Crippen molar-refractivity contribution in [2.45, 2.75) is 57.4 Å². The standard InChI is InChI=1S/C12H21F2N/c1-9(2)4-12-5-10(13)6-15(12)8-11(3,14)7-12/h9-10H,4-8H2,1-3H3/t10-,11?,12-/m1/s1. The SMILES string of the molecule is CC(C)C[C@]12C[C@@H](F)CN1CC(C)(F)C2. The van der Waals surface area contributed by atoms with Crippen LogP contribution in [0.1, 0.15) is 40.0 Å². The minimum atomic E-state index is -1.12. The van der Waals surface area contributed by atoms with Crippen LogP contribution < -0.4 is 0 Å². The molecule has 0 amide bonds. The fraction of sp³-hybridized carbons (Fsp3) is 1.00. The second-order valence-electron chi connectivity index (χ2n) is 6.09. The van der Waals surface area contributed by atoms with Crippen LogP contribution in [0.25, 0.3) is 0 Å². The van der Waals surface area contributed by atoms with Crippen molar-refractivity contribution in [3.63, 3.8) is 0 Å². The Balaban J connectivity index is 2.18.